The summed E-state index contributed by atoms with van der Waals surface area (Å²) in [7, 11) is -2.35. The third-order valence-corrected chi connectivity index (χ3v) is 11.9. The monoisotopic (exact) mass is 790 g/mol. The first-order valence-corrected chi connectivity index (χ1v) is 20.2. The van der Waals surface area contributed by atoms with Crippen LogP contribution in [0.5, 0.6) is 11.6 Å². The van der Waals surface area contributed by atoms with Crippen molar-refractivity contribution in [1.82, 2.24) is 30.2 Å². The molecule has 0 radical (unpaired) electrons. The maximum atomic E-state index is 14.6. The van der Waals surface area contributed by atoms with Gasteiger partial charge in [0.15, 0.2) is 0 Å². The van der Waals surface area contributed by atoms with Crippen molar-refractivity contribution in [3.63, 3.8) is 0 Å². The fraction of sp³-hybridized carbons (Fsp3) is 0.500. The molecule has 300 valence electrons. The first kappa shape index (κ1) is 40.4. The lowest BCUT2D eigenvalue weighted by molar-refractivity contribution is -0.143. The minimum Gasteiger partial charge on any atom is -0.497 e. The highest BCUT2D eigenvalue weighted by Crippen LogP contribution is 2.46. The molecule has 0 bridgehead atoms. The third-order valence-electron chi connectivity index (χ3n) is 10.1. The Bertz CT molecular complexity index is 2150. The van der Waals surface area contributed by atoms with Gasteiger partial charge in [0.2, 0.25) is 27.7 Å². The molecule has 1 aromatic carbocycles. The Morgan fingerprint density at radius 2 is 1.73 bits per heavy atom. The number of carbonyl (C=O) groups excluding carboxylic acids is 4. The Morgan fingerprint density at radius 3 is 2.32 bits per heavy atom. The minimum atomic E-state index is -3.92. The number of amides is 4. The number of rotatable bonds is 12. The smallest absolute Gasteiger partial charge is 0.408 e. The molecule has 15 nitrogen and oxygen atoms in total. The lowest BCUT2D eigenvalue weighted by atomic mass is 9.85. The van der Waals surface area contributed by atoms with Gasteiger partial charge in [0.25, 0.3) is 5.91 Å². The van der Waals surface area contributed by atoms with Crippen LogP contribution >= 0.6 is 0 Å². The first-order chi connectivity index (χ1) is 26.2. The Hall–Kier alpha value is -5.25. The van der Waals surface area contributed by atoms with E-state index in [1.807, 2.05) is 30.3 Å². The summed E-state index contributed by atoms with van der Waals surface area (Å²) in [6.07, 6.45) is 4.21. The molecule has 2 aliphatic carbocycles. The standard InChI is InChI=1S/C40H50N6O9S/c1-9-25-21-40(25,36(49)45-56(51,52)28-11-12-28)44-33(47)31-20-27(22-46(31)35(48)32(38(2,3)4)43-37(50)55-39(5,6)7)54-34-29-13-10-26(53-8)18-24(29)19-30(42-34)23-14-16-41-17-15-23/h9-10,13-19,25,27-28,31-32H,1,11-12,20-22H2,2-8H3,(H,43,50)(H,44,47)(H,45,49)/t25?,27-,31?,32-,40-/m1/s1. The van der Waals surface area contributed by atoms with Crippen LogP contribution in [0.2, 0.25) is 0 Å². The summed E-state index contributed by atoms with van der Waals surface area (Å²) in [6.45, 7) is 14.1. The molecule has 2 saturated carbocycles. The summed E-state index contributed by atoms with van der Waals surface area (Å²) in [4.78, 5) is 66.0. The maximum Gasteiger partial charge on any atom is 0.408 e. The number of sulfonamides is 1. The van der Waals surface area contributed by atoms with Gasteiger partial charge in [-0.1, -0.05) is 26.8 Å². The van der Waals surface area contributed by atoms with Gasteiger partial charge in [-0.3, -0.25) is 24.1 Å². The van der Waals surface area contributed by atoms with E-state index in [1.54, 1.807) is 67.1 Å². The van der Waals surface area contributed by atoms with E-state index in [-0.39, 0.29) is 25.3 Å². The number of hydrogen-bond donors (Lipinski definition) is 3. The van der Waals surface area contributed by atoms with Gasteiger partial charge in [-0.15, -0.1) is 6.58 Å². The average Bonchev–Trinajstić information content (AvgIpc) is 4.06. The molecule has 6 rings (SSSR count). The highest BCUT2D eigenvalue weighted by Gasteiger charge is 2.62. The van der Waals surface area contributed by atoms with E-state index >= 15 is 0 Å². The van der Waals surface area contributed by atoms with Gasteiger partial charge in [-0.05, 0) is 87.2 Å². The summed E-state index contributed by atoms with van der Waals surface area (Å²) >= 11 is 0. The predicted octanol–water partition coefficient (Wildman–Crippen LogP) is 4.26. The van der Waals surface area contributed by atoms with E-state index in [0.29, 0.717) is 29.7 Å². The fourth-order valence-electron chi connectivity index (χ4n) is 6.88. The number of hydrogen-bond acceptors (Lipinski definition) is 11. The van der Waals surface area contributed by atoms with E-state index in [2.05, 4.69) is 26.9 Å². The number of nitrogens with one attached hydrogen (secondary N) is 3. The average molecular weight is 791 g/mol. The number of ether oxygens (including phenoxy) is 3. The second-order valence-corrected chi connectivity index (χ2v) is 18.7. The molecule has 3 heterocycles. The zero-order valence-corrected chi connectivity index (χ0v) is 33.6. The molecule has 16 heteroatoms. The molecule has 1 aliphatic heterocycles. The Labute approximate surface area is 327 Å². The van der Waals surface area contributed by atoms with E-state index in [4.69, 9.17) is 19.2 Å². The summed E-state index contributed by atoms with van der Waals surface area (Å²) < 4.78 is 45.3. The molecule has 4 amide bonds. The number of benzene rings is 1. The summed E-state index contributed by atoms with van der Waals surface area (Å²) in [5, 5.41) is 6.29. The number of fused-ring (bicyclic) bond motifs is 1. The largest absolute Gasteiger partial charge is 0.497 e. The van der Waals surface area contributed by atoms with Gasteiger partial charge in [0.1, 0.15) is 35.1 Å². The normalized spacial score (nSPS) is 22.8. The highest BCUT2D eigenvalue weighted by molar-refractivity contribution is 7.91. The van der Waals surface area contributed by atoms with Crippen molar-refractivity contribution >= 4 is 44.6 Å². The predicted molar refractivity (Wildman–Crippen MR) is 208 cm³/mol. The molecular weight excluding hydrogens is 741 g/mol. The Balaban J connectivity index is 1.34. The third kappa shape index (κ3) is 8.74. The fourth-order valence-corrected chi connectivity index (χ4v) is 8.25. The quantitative estimate of drug-likeness (QED) is 0.222. The number of pyridine rings is 2. The van der Waals surface area contributed by atoms with Crippen LogP contribution in [0.3, 0.4) is 0 Å². The number of nitrogens with zero attached hydrogens (tertiary/aromatic N) is 3. The van der Waals surface area contributed by atoms with Gasteiger partial charge >= 0.3 is 6.09 Å². The molecule has 2 aromatic heterocycles. The molecule has 3 N–H and O–H groups in total. The van der Waals surface area contributed by atoms with Crippen molar-refractivity contribution < 1.29 is 41.8 Å². The maximum absolute atomic E-state index is 14.6. The zero-order chi connectivity index (χ0) is 40.8. The van der Waals surface area contributed by atoms with Crippen LogP contribution in [-0.2, 0) is 29.1 Å². The lowest BCUT2D eigenvalue weighted by Gasteiger charge is -2.36. The van der Waals surface area contributed by atoms with Crippen LogP contribution in [0, 0.1) is 11.3 Å². The summed E-state index contributed by atoms with van der Waals surface area (Å²) in [5.74, 6) is -1.79. The number of alkyl carbamates (subject to hydrolysis) is 1. The molecule has 56 heavy (non-hydrogen) atoms. The van der Waals surface area contributed by atoms with Crippen LogP contribution in [0.1, 0.15) is 67.2 Å². The molecule has 1 saturated heterocycles. The van der Waals surface area contributed by atoms with Gasteiger partial charge in [0.05, 0.1) is 24.6 Å². The van der Waals surface area contributed by atoms with Crippen molar-refractivity contribution in [2.45, 2.75) is 102 Å². The topological polar surface area (TPSA) is 195 Å². The lowest BCUT2D eigenvalue weighted by Crippen LogP contribution is -2.60. The van der Waals surface area contributed by atoms with Gasteiger partial charge in [0, 0.05) is 35.7 Å². The molecule has 3 fully saturated rings. The molecule has 2 unspecified atom stereocenters. The molecular formula is C40H50N6O9S. The SMILES string of the molecule is C=CC1C[C@]1(NC(=O)C1C[C@@H](Oc2nc(-c3ccncc3)cc3cc(OC)ccc23)CN1C(=O)[C@@H](NC(=O)OC(C)(C)C)C(C)(C)C)C(=O)NS(=O)(=O)C1CC1. The second kappa shape index (κ2) is 15.0. The molecule has 3 aliphatic rings. The van der Waals surface area contributed by atoms with Crippen molar-refractivity contribution in [2.24, 2.45) is 11.3 Å². The van der Waals surface area contributed by atoms with Gasteiger partial charge in [-0.2, -0.15) is 0 Å². The van der Waals surface area contributed by atoms with Crippen LogP contribution in [0.15, 0.2) is 61.4 Å². The minimum absolute atomic E-state index is 0.0173. The van der Waals surface area contributed by atoms with E-state index in [1.165, 1.54) is 11.0 Å². The van der Waals surface area contributed by atoms with Gasteiger partial charge < -0.3 is 29.7 Å². The molecule has 5 atom stereocenters. The number of carbonyl (C=O) groups is 4. The van der Waals surface area contributed by atoms with Crippen molar-refractivity contribution in [2.75, 3.05) is 13.7 Å². The van der Waals surface area contributed by atoms with Crippen LogP contribution in [0.25, 0.3) is 22.0 Å². The Morgan fingerprint density at radius 1 is 1.04 bits per heavy atom. The number of aromatic nitrogens is 2. The second-order valence-electron chi connectivity index (χ2n) is 16.7. The van der Waals surface area contributed by atoms with Crippen molar-refractivity contribution in [1.29, 1.82) is 0 Å². The highest BCUT2D eigenvalue weighted by atomic mass is 32.2. The van der Waals surface area contributed by atoms with Crippen molar-refractivity contribution in [3.8, 4) is 22.9 Å². The molecule has 3 aromatic rings. The number of methoxy groups -OCH3 is 1. The van der Waals surface area contributed by atoms with Crippen LogP contribution in [0.4, 0.5) is 4.79 Å². The first-order valence-electron chi connectivity index (χ1n) is 18.6. The molecule has 0 spiro atoms. The Kier molecular flexibility index (Phi) is 10.8. The van der Waals surface area contributed by atoms with E-state index < -0.39 is 79.7 Å². The van der Waals surface area contributed by atoms with E-state index in [9.17, 15) is 27.6 Å². The zero-order valence-electron chi connectivity index (χ0n) is 32.7. The van der Waals surface area contributed by atoms with Crippen LogP contribution in [-0.4, -0.2) is 95.3 Å². The number of likely N-dealkylation sites (tertiary alicyclic amines) is 1. The van der Waals surface area contributed by atoms with Gasteiger partial charge in [-0.25, -0.2) is 18.2 Å². The van der Waals surface area contributed by atoms with Crippen molar-refractivity contribution in [3.05, 3.63) is 61.4 Å². The summed E-state index contributed by atoms with van der Waals surface area (Å²) in [6, 6.07) is 8.64. The summed E-state index contributed by atoms with van der Waals surface area (Å²) in [5.41, 5.74) is -1.89. The van der Waals surface area contributed by atoms with Crippen LogP contribution < -0.4 is 24.8 Å². The van der Waals surface area contributed by atoms with E-state index in [0.717, 1.165) is 10.9 Å².